The van der Waals surface area contributed by atoms with Crippen molar-refractivity contribution in [2.75, 3.05) is 18.4 Å². The summed E-state index contributed by atoms with van der Waals surface area (Å²) < 4.78 is 0. The minimum Gasteiger partial charge on any atom is -0.339 e. The Morgan fingerprint density at radius 2 is 1.79 bits per heavy atom. The van der Waals surface area contributed by atoms with E-state index in [0.717, 1.165) is 0 Å². The van der Waals surface area contributed by atoms with E-state index in [1.807, 2.05) is 13.8 Å². The van der Waals surface area contributed by atoms with Crippen molar-refractivity contribution in [1.82, 2.24) is 9.88 Å². The van der Waals surface area contributed by atoms with Crippen molar-refractivity contribution in [2.45, 2.75) is 13.8 Å². The van der Waals surface area contributed by atoms with Gasteiger partial charge >= 0.3 is 0 Å². The third-order valence-electron chi connectivity index (χ3n) is 3.50. The maximum Gasteiger partial charge on any atom is 0.257 e. The van der Waals surface area contributed by atoms with Crippen molar-refractivity contribution < 1.29 is 9.59 Å². The number of nitrogens with one attached hydrogen (secondary N) is 1. The first-order valence-electron chi connectivity index (χ1n) is 7.47. The van der Waals surface area contributed by atoms with Gasteiger partial charge in [0.2, 0.25) is 0 Å². The number of aromatic nitrogens is 1. The molecule has 2 rings (SSSR count). The molecule has 0 aliphatic rings. The minimum absolute atomic E-state index is 0.164. The SMILES string of the molecule is CCN(CC)C(=O)c1cncc(C(=O)Nc2cccc(Cl)c2Cl)c1. The number of rotatable bonds is 5. The van der Waals surface area contributed by atoms with Gasteiger partial charge in [-0.25, -0.2) is 0 Å². The van der Waals surface area contributed by atoms with Crippen molar-refractivity contribution in [3.63, 3.8) is 0 Å². The highest BCUT2D eigenvalue weighted by Crippen LogP contribution is 2.29. The van der Waals surface area contributed by atoms with Crippen molar-refractivity contribution in [2.24, 2.45) is 0 Å². The molecule has 1 N–H and O–H groups in total. The summed E-state index contributed by atoms with van der Waals surface area (Å²) in [4.78, 5) is 30.4. The molecule has 2 aromatic rings. The summed E-state index contributed by atoms with van der Waals surface area (Å²) in [6, 6.07) is 6.47. The summed E-state index contributed by atoms with van der Waals surface area (Å²) in [5.74, 6) is -0.580. The Morgan fingerprint density at radius 3 is 2.46 bits per heavy atom. The van der Waals surface area contributed by atoms with Crippen molar-refractivity contribution in [3.8, 4) is 0 Å². The first kappa shape index (κ1) is 18.2. The summed E-state index contributed by atoms with van der Waals surface area (Å²) >= 11 is 12.0. The molecule has 2 amide bonds. The molecular formula is C17H17Cl2N3O2. The second-order valence-corrected chi connectivity index (χ2v) is 5.78. The quantitative estimate of drug-likeness (QED) is 0.866. The normalized spacial score (nSPS) is 10.3. The molecule has 0 radical (unpaired) electrons. The van der Waals surface area contributed by atoms with E-state index in [0.29, 0.717) is 29.4 Å². The zero-order valence-electron chi connectivity index (χ0n) is 13.3. The Labute approximate surface area is 150 Å². The van der Waals surface area contributed by atoms with Gasteiger partial charge in [-0.3, -0.25) is 14.6 Å². The summed E-state index contributed by atoms with van der Waals surface area (Å²) in [6.45, 7) is 4.97. The maximum atomic E-state index is 12.4. The third-order valence-corrected chi connectivity index (χ3v) is 4.32. The van der Waals surface area contributed by atoms with Gasteiger partial charge in [-0.1, -0.05) is 29.3 Å². The molecule has 1 heterocycles. The predicted molar refractivity (Wildman–Crippen MR) is 95.9 cm³/mol. The van der Waals surface area contributed by atoms with Crippen LogP contribution >= 0.6 is 23.2 Å². The molecule has 126 valence electrons. The largest absolute Gasteiger partial charge is 0.339 e. The van der Waals surface area contributed by atoms with E-state index in [1.54, 1.807) is 23.1 Å². The second-order valence-electron chi connectivity index (χ2n) is 5.00. The summed E-state index contributed by atoms with van der Waals surface area (Å²) in [7, 11) is 0. The average Bonchev–Trinajstić information content (AvgIpc) is 2.60. The average molecular weight is 366 g/mol. The number of amides is 2. The zero-order chi connectivity index (χ0) is 17.7. The highest BCUT2D eigenvalue weighted by atomic mass is 35.5. The highest BCUT2D eigenvalue weighted by Gasteiger charge is 2.16. The Hall–Kier alpha value is -2.11. The maximum absolute atomic E-state index is 12.4. The molecule has 0 spiro atoms. The number of pyridine rings is 1. The second kappa shape index (κ2) is 8.13. The lowest BCUT2D eigenvalue weighted by Crippen LogP contribution is -2.30. The Morgan fingerprint density at radius 1 is 1.12 bits per heavy atom. The predicted octanol–water partition coefficient (Wildman–Crippen LogP) is 4.12. The van der Waals surface area contributed by atoms with Gasteiger partial charge in [0, 0.05) is 25.5 Å². The van der Waals surface area contributed by atoms with E-state index < -0.39 is 5.91 Å². The topological polar surface area (TPSA) is 62.3 Å². The molecule has 5 nitrogen and oxygen atoms in total. The first-order chi connectivity index (χ1) is 11.5. The fraction of sp³-hybridized carbons (Fsp3) is 0.235. The zero-order valence-corrected chi connectivity index (χ0v) is 14.9. The molecule has 1 aromatic heterocycles. The number of hydrogen-bond donors (Lipinski definition) is 1. The summed E-state index contributed by atoms with van der Waals surface area (Å²) in [6.07, 6.45) is 2.84. The van der Waals surface area contributed by atoms with Crippen LogP contribution in [0, 0.1) is 0 Å². The molecule has 0 saturated heterocycles. The molecule has 0 unspecified atom stereocenters. The van der Waals surface area contributed by atoms with Crippen LogP contribution in [0.3, 0.4) is 0 Å². The van der Waals surface area contributed by atoms with Gasteiger partial charge in [0.25, 0.3) is 11.8 Å². The summed E-state index contributed by atoms with van der Waals surface area (Å²) in [5, 5.41) is 3.28. The smallest absolute Gasteiger partial charge is 0.257 e. The molecule has 0 bridgehead atoms. The summed E-state index contributed by atoms with van der Waals surface area (Å²) in [5.41, 5.74) is 1.03. The first-order valence-corrected chi connectivity index (χ1v) is 8.23. The van der Waals surface area contributed by atoms with Crippen LogP contribution in [-0.2, 0) is 0 Å². The Balaban J connectivity index is 2.23. The molecule has 7 heteroatoms. The van der Waals surface area contributed by atoms with Crippen LogP contribution in [0.4, 0.5) is 5.69 Å². The number of halogens is 2. The fourth-order valence-corrected chi connectivity index (χ4v) is 2.52. The molecule has 0 aliphatic carbocycles. The van der Waals surface area contributed by atoms with Gasteiger partial charge in [0.1, 0.15) is 0 Å². The monoisotopic (exact) mass is 365 g/mol. The lowest BCUT2D eigenvalue weighted by Gasteiger charge is -2.18. The van der Waals surface area contributed by atoms with Crippen LogP contribution in [0.1, 0.15) is 34.6 Å². The number of nitrogens with zero attached hydrogens (tertiary/aromatic N) is 2. The lowest BCUT2D eigenvalue weighted by atomic mass is 10.1. The van der Waals surface area contributed by atoms with Gasteiger partial charge in [-0.05, 0) is 32.0 Å². The van der Waals surface area contributed by atoms with Crippen LogP contribution in [0.2, 0.25) is 10.0 Å². The minimum atomic E-state index is -0.416. The van der Waals surface area contributed by atoms with Gasteiger partial charge in [-0.2, -0.15) is 0 Å². The lowest BCUT2D eigenvalue weighted by molar-refractivity contribution is 0.0772. The van der Waals surface area contributed by atoms with E-state index in [4.69, 9.17) is 23.2 Å². The molecule has 24 heavy (non-hydrogen) atoms. The van der Waals surface area contributed by atoms with Crippen LogP contribution in [0.5, 0.6) is 0 Å². The van der Waals surface area contributed by atoms with Crippen LogP contribution in [0.25, 0.3) is 0 Å². The standard InChI is InChI=1S/C17H17Cl2N3O2/c1-3-22(4-2)17(24)12-8-11(9-20-10-12)16(23)21-14-7-5-6-13(18)15(14)19/h5-10H,3-4H2,1-2H3,(H,21,23). The number of carbonyl (C=O) groups excluding carboxylic acids is 2. The van der Waals surface area contributed by atoms with Gasteiger partial charge in [-0.15, -0.1) is 0 Å². The van der Waals surface area contributed by atoms with Gasteiger partial charge in [0.05, 0.1) is 26.9 Å². The van der Waals surface area contributed by atoms with Crippen LogP contribution < -0.4 is 5.32 Å². The Bertz CT molecular complexity index is 761. The molecule has 0 fully saturated rings. The number of carbonyl (C=O) groups is 2. The van der Waals surface area contributed by atoms with E-state index in [-0.39, 0.29) is 16.5 Å². The molecular weight excluding hydrogens is 349 g/mol. The fourth-order valence-electron chi connectivity index (χ4n) is 2.17. The van der Waals surface area contributed by atoms with Crippen molar-refractivity contribution in [3.05, 3.63) is 57.8 Å². The van der Waals surface area contributed by atoms with E-state index >= 15 is 0 Å². The van der Waals surface area contributed by atoms with E-state index in [2.05, 4.69) is 10.3 Å². The van der Waals surface area contributed by atoms with E-state index in [9.17, 15) is 9.59 Å². The van der Waals surface area contributed by atoms with Gasteiger partial charge in [0.15, 0.2) is 0 Å². The Kier molecular flexibility index (Phi) is 6.17. The third kappa shape index (κ3) is 4.04. The van der Waals surface area contributed by atoms with Crippen molar-refractivity contribution >= 4 is 40.7 Å². The van der Waals surface area contributed by atoms with Crippen LogP contribution in [0.15, 0.2) is 36.7 Å². The molecule has 0 aliphatic heterocycles. The highest BCUT2D eigenvalue weighted by molar-refractivity contribution is 6.44. The van der Waals surface area contributed by atoms with Crippen molar-refractivity contribution in [1.29, 1.82) is 0 Å². The number of benzene rings is 1. The van der Waals surface area contributed by atoms with Gasteiger partial charge < -0.3 is 10.2 Å². The number of anilines is 1. The number of hydrogen-bond acceptors (Lipinski definition) is 3. The van der Waals surface area contributed by atoms with Crippen LogP contribution in [-0.4, -0.2) is 34.8 Å². The molecule has 0 atom stereocenters. The molecule has 0 saturated carbocycles. The van der Waals surface area contributed by atoms with E-state index in [1.165, 1.54) is 18.5 Å². The molecule has 1 aromatic carbocycles.